The van der Waals surface area contributed by atoms with Crippen molar-refractivity contribution in [2.45, 2.75) is 58.3 Å². The number of fused-ring (bicyclic) bond motifs is 2. The third-order valence-electron chi connectivity index (χ3n) is 9.81. The normalized spacial score (nSPS) is 12.8. The van der Waals surface area contributed by atoms with Gasteiger partial charge >= 0.3 is 189 Å². The molecule has 252 valence electrons. The SMILES string of the molecule is Cc1cc(O)c2c(c1)C(=O)c1cc(OCCCCCCCCCC[PH](c3ccccc3)(c3ccccc3)c3ccccc3)cc(O)c1C2=O. The van der Waals surface area contributed by atoms with Gasteiger partial charge in [-0.1, -0.05) is 0 Å². The van der Waals surface area contributed by atoms with Crippen molar-refractivity contribution in [3.05, 3.63) is 143 Å². The van der Waals surface area contributed by atoms with Crippen molar-refractivity contribution >= 4 is 34.7 Å². The number of ketones is 2. The minimum atomic E-state index is -2.16. The standard InChI is InChI=1S/C43H45O5P/c1-31-27-36-40(38(44)28-31)43(47)41-37(42(36)46)29-32(30-39(41)45)48-25-17-6-4-2-3-5-7-18-26-49(33-19-11-8-12-20-33,34-21-13-9-14-22-34)35-23-15-10-16-24-35/h8-16,19-24,27-30,44-45,49H,2-7,17-18,25-26H2,1H3. The largest absolute Gasteiger partial charge is 0.507 e. The molecule has 49 heavy (non-hydrogen) atoms. The molecule has 0 aliphatic heterocycles. The van der Waals surface area contributed by atoms with Crippen LogP contribution >= 0.6 is 7.26 Å². The van der Waals surface area contributed by atoms with Gasteiger partial charge in [0.2, 0.25) is 5.78 Å². The van der Waals surface area contributed by atoms with E-state index < -0.39 is 18.8 Å². The number of unbranched alkanes of at least 4 members (excludes halogenated alkanes) is 7. The van der Waals surface area contributed by atoms with E-state index in [1.165, 1.54) is 72.4 Å². The molecule has 6 rings (SSSR count). The van der Waals surface area contributed by atoms with Crippen LogP contribution in [0.5, 0.6) is 17.2 Å². The van der Waals surface area contributed by atoms with Gasteiger partial charge in [-0.3, -0.25) is 9.59 Å². The molecule has 0 unspecified atom stereocenters. The summed E-state index contributed by atoms with van der Waals surface area (Å²) in [5, 5.41) is 25.4. The number of rotatable bonds is 15. The van der Waals surface area contributed by atoms with Crippen LogP contribution in [0, 0.1) is 6.92 Å². The Morgan fingerprint density at radius 2 is 0.980 bits per heavy atom. The number of ether oxygens (including phenoxy) is 1. The fraction of sp³-hybridized carbons (Fsp3) is 0.256. The van der Waals surface area contributed by atoms with E-state index in [0.717, 1.165) is 19.3 Å². The summed E-state index contributed by atoms with van der Waals surface area (Å²) in [7, 11) is -2.16. The number of aromatic hydroxyl groups is 2. The van der Waals surface area contributed by atoms with Crippen molar-refractivity contribution in [1.82, 2.24) is 0 Å². The number of phenolic OH excluding ortho intramolecular Hbond substituents is 2. The zero-order valence-electron chi connectivity index (χ0n) is 28.2. The van der Waals surface area contributed by atoms with Crippen LogP contribution < -0.4 is 20.7 Å². The second kappa shape index (κ2) is 15.7. The van der Waals surface area contributed by atoms with Gasteiger partial charge in [0.25, 0.3) is 0 Å². The molecular formula is C43H45O5P. The number of aryl methyl sites for hydroxylation is 1. The van der Waals surface area contributed by atoms with E-state index >= 15 is 0 Å². The smallest absolute Gasteiger partial charge is 0.201 e. The first-order chi connectivity index (χ1) is 23.9. The molecule has 0 amide bonds. The maximum atomic E-state index is 13.2. The maximum Gasteiger partial charge on any atom is 0.201 e. The first kappa shape index (κ1) is 34.1. The molecule has 1 aliphatic rings. The van der Waals surface area contributed by atoms with Crippen molar-refractivity contribution in [3.63, 3.8) is 0 Å². The predicted molar refractivity (Wildman–Crippen MR) is 202 cm³/mol. The van der Waals surface area contributed by atoms with Gasteiger partial charge in [0, 0.05) is 17.2 Å². The van der Waals surface area contributed by atoms with Crippen molar-refractivity contribution < 1.29 is 24.5 Å². The molecule has 5 aromatic carbocycles. The minimum Gasteiger partial charge on any atom is -0.507 e. The van der Waals surface area contributed by atoms with Crippen LogP contribution in [-0.2, 0) is 0 Å². The van der Waals surface area contributed by atoms with Gasteiger partial charge in [-0.2, -0.15) is 0 Å². The molecule has 5 nitrogen and oxygen atoms in total. The second-order valence-corrected chi connectivity index (χ2v) is 17.2. The fourth-order valence-electron chi connectivity index (χ4n) is 7.40. The molecule has 0 radical (unpaired) electrons. The number of carbonyl (C=O) groups excluding carboxylic acids is 2. The Morgan fingerprint density at radius 3 is 1.51 bits per heavy atom. The Balaban J connectivity index is 0.963. The number of hydrogen-bond acceptors (Lipinski definition) is 5. The van der Waals surface area contributed by atoms with Crippen molar-refractivity contribution in [1.29, 1.82) is 0 Å². The summed E-state index contributed by atoms with van der Waals surface area (Å²) in [6.07, 6.45) is 10.2. The molecule has 0 atom stereocenters. The summed E-state index contributed by atoms with van der Waals surface area (Å²) in [4.78, 5) is 26.3. The molecule has 0 aromatic heterocycles. The average molecular weight is 673 g/mol. The Morgan fingerprint density at radius 1 is 0.531 bits per heavy atom. The monoisotopic (exact) mass is 672 g/mol. The minimum absolute atomic E-state index is 0.0615. The average Bonchev–Trinajstić information content (AvgIpc) is 3.12. The van der Waals surface area contributed by atoms with Crippen LogP contribution in [0.15, 0.2) is 115 Å². The molecule has 1 aliphatic carbocycles. The van der Waals surface area contributed by atoms with Gasteiger partial charge < -0.3 is 10.2 Å². The molecule has 5 aromatic rings. The number of hydrogen-bond donors (Lipinski definition) is 2. The van der Waals surface area contributed by atoms with Crippen molar-refractivity contribution in [2.24, 2.45) is 0 Å². The quantitative estimate of drug-likeness (QED) is 0.0846. The Bertz CT molecular complexity index is 1810. The van der Waals surface area contributed by atoms with Crippen LogP contribution in [0.3, 0.4) is 0 Å². The van der Waals surface area contributed by atoms with E-state index in [1.807, 2.05) is 0 Å². The van der Waals surface area contributed by atoms with Crippen LogP contribution in [-0.4, -0.2) is 34.5 Å². The van der Waals surface area contributed by atoms with E-state index in [2.05, 4.69) is 91.0 Å². The molecule has 0 saturated heterocycles. The number of benzene rings is 5. The molecule has 2 N–H and O–H groups in total. The second-order valence-electron chi connectivity index (χ2n) is 13.2. The number of phenols is 2. The van der Waals surface area contributed by atoms with E-state index in [9.17, 15) is 19.8 Å². The summed E-state index contributed by atoms with van der Waals surface area (Å²) < 4.78 is 5.90. The number of carbonyl (C=O) groups is 2. The summed E-state index contributed by atoms with van der Waals surface area (Å²) >= 11 is 0. The first-order valence-electron chi connectivity index (χ1n) is 17.5. The maximum absolute atomic E-state index is 13.2. The molecule has 6 heteroatoms. The van der Waals surface area contributed by atoms with E-state index in [0.29, 0.717) is 17.9 Å². The molecule has 0 saturated carbocycles. The molecule has 0 bridgehead atoms. The van der Waals surface area contributed by atoms with Crippen LogP contribution in [0.1, 0.15) is 88.8 Å². The third kappa shape index (κ3) is 7.33. The molecule has 0 spiro atoms. The first-order valence-corrected chi connectivity index (χ1v) is 19.7. The summed E-state index contributed by atoms with van der Waals surface area (Å²) in [6.45, 7) is 2.21. The van der Waals surface area contributed by atoms with Gasteiger partial charge in [0.15, 0.2) is 5.78 Å². The molecule has 0 fully saturated rings. The summed E-state index contributed by atoms with van der Waals surface area (Å²) in [5.74, 6) is -1.17. The van der Waals surface area contributed by atoms with Crippen LogP contribution in [0.4, 0.5) is 0 Å². The summed E-state index contributed by atoms with van der Waals surface area (Å²) in [6, 6.07) is 39.4. The predicted octanol–water partition coefficient (Wildman–Crippen LogP) is 8.41. The van der Waals surface area contributed by atoms with Gasteiger partial charge in [0.05, 0.1) is 11.1 Å². The van der Waals surface area contributed by atoms with Crippen LogP contribution in [0.2, 0.25) is 0 Å². The zero-order chi connectivity index (χ0) is 34.2. The third-order valence-corrected chi connectivity index (χ3v) is 14.9. The molecule has 0 heterocycles. The van der Waals surface area contributed by atoms with Crippen molar-refractivity contribution in [3.8, 4) is 17.2 Å². The molecular weight excluding hydrogens is 627 g/mol. The van der Waals surface area contributed by atoms with Gasteiger partial charge in [-0.05, 0) is 30.7 Å². The Hall–Kier alpha value is -4.73. The van der Waals surface area contributed by atoms with E-state index in [4.69, 9.17) is 4.74 Å². The van der Waals surface area contributed by atoms with Crippen LogP contribution in [0.25, 0.3) is 0 Å². The zero-order valence-corrected chi connectivity index (χ0v) is 29.2. The van der Waals surface area contributed by atoms with Crippen molar-refractivity contribution in [2.75, 3.05) is 12.8 Å². The Kier molecular flexibility index (Phi) is 10.9. The van der Waals surface area contributed by atoms with Gasteiger partial charge in [-0.15, -0.1) is 0 Å². The van der Waals surface area contributed by atoms with Gasteiger partial charge in [0.1, 0.15) is 11.5 Å². The van der Waals surface area contributed by atoms with E-state index in [-0.39, 0.29) is 33.8 Å². The topological polar surface area (TPSA) is 83.8 Å². The van der Waals surface area contributed by atoms with Gasteiger partial charge in [-0.25, -0.2) is 0 Å². The summed E-state index contributed by atoms with van der Waals surface area (Å²) in [5.41, 5.74) is 0.784. The Labute approximate surface area is 290 Å². The van der Waals surface area contributed by atoms with E-state index in [1.54, 1.807) is 13.0 Å². The fourth-order valence-corrected chi connectivity index (χ4v) is 12.3.